The standard InChI is InChI=1S/C14H20N4O/c19-14(13-2-1-5-16-13)18-7-3-12(4-8-18)10-17-9-6-15-11-17/h1-2,6,9,11-13,16H,3-5,7-8,10H2/t13-/m1/s1. The third kappa shape index (κ3) is 2.87. The Balaban J connectivity index is 1.49. The second-order valence-corrected chi connectivity index (χ2v) is 5.34. The fourth-order valence-corrected chi connectivity index (χ4v) is 2.86. The predicted octanol–water partition coefficient (Wildman–Crippen LogP) is 0.650. The molecule has 5 heteroatoms. The van der Waals surface area contributed by atoms with Crippen LogP contribution in [0, 0.1) is 5.92 Å². The van der Waals surface area contributed by atoms with Crippen LogP contribution in [0.25, 0.3) is 0 Å². The molecule has 19 heavy (non-hydrogen) atoms. The first-order chi connectivity index (χ1) is 9.33. The van der Waals surface area contributed by atoms with Gasteiger partial charge in [-0.2, -0.15) is 0 Å². The van der Waals surface area contributed by atoms with Crippen molar-refractivity contribution in [2.24, 2.45) is 5.92 Å². The van der Waals surface area contributed by atoms with Crippen LogP contribution in [0.15, 0.2) is 30.9 Å². The molecule has 1 atom stereocenters. The lowest BCUT2D eigenvalue weighted by atomic mass is 9.96. The zero-order valence-corrected chi connectivity index (χ0v) is 11.0. The number of imidazole rings is 1. The van der Waals surface area contributed by atoms with Gasteiger partial charge in [0.2, 0.25) is 5.91 Å². The van der Waals surface area contributed by atoms with Crippen LogP contribution in [0.3, 0.4) is 0 Å². The van der Waals surface area contributed by atoms with Gasteiger partial charge in [0.25, 0.3) is 0 Å². The quantitative estimate of drug-likeness (QED) is 0.812. The highest BCUT2D eigenvalue weighted by Crippen LogP contribution is 2.20. The molecule has 0 unspecified atom stereocenters. The number of nitrogens with one attached hydrogen (secondary N) is 1. The highest BCUT2D eigenvalue weighted by molar-refractivity contribution is 5.84. The van der Waals surface area contributed by atoms with Gasteiger partial charge in [-0.25, -0.2) is 4.98 Å². The number of rotatable bonds is 3. The number of nitrogens with zero attached hydrogens (tertiary/aromatic N) is 3. The average Bonchev–Trinajstić information content (AvgIpc) is 3.12. The van der Waals surface area contributed by atoms with E-state index < -0.39 is 0 Å². The maximum absolute atomic E-state index is 12.2. The van der Waals surface area contributed by atoms with Crippen LogP contribution in [0.4, 0.5) is 0 Å². The van der Waals surface area contributed by atoms with E-state index in [1.807, 2.05) is 35.8 Å². The minimum atomic E-state index is -0.0924. The van der Waals surface area contributed by atoms with Crippen molar-refractivity contribution in [2.75, 3.05) is 19.6 Å². The summed E-state index contributed by atoms with van der Waals surface area (Å²) in [7, 11) is 0. The Morgan fingerprint density at radius 1 is 1.37 bits per heavy atom. The molecular weight excluding hydrogens is 240 g/mol. The Morgan fingerprint density at radius 2 is 2.21 bits per heavy atom. The summed E-state index contributed by atoms with van der Waals surface area (Å²) >= 11 is 0. The van der Waals surface area contributed by atoms with Crippen molar-refractivity contribution in [1.29, 1.82) is 0 Å². The Kier molecular flexibility index (Phi) is 3.64. The van der Waals surface area contributed by atoms with Crippen LogP contribution in [0.5, 0.6) is 0 Å². The molecule has 102 valence electrons. The molecule has 2 aliphatic heterocycles. The maximum Gasteiger partial charge on any atom is 0.243 e. The second-order valence-electron chi connectivity index (χ2n) is 5.34. The van der Waals surface area contributed by atoms with Crippen molar-refractivity contribution < 1.29 is 4.79 Å². The van der Waals surface area contributed by atoms with E-state index in [0.29, 0.717) is 5.92 Å². The van der Waals surface area contributed by atoms with E-state index in [1.54, 1.807) is 0 Å². The number of hydrogen-bond acceptors (Lipinski definition) is 3. The molecule has 0 radical (unpaired) electrons. The minimum absolute atomic E-state index is 0.0924. The SMILES string of the molecule is O=C([C@H]1C=CCN1)N1CCC(Cn2ccnc2)CC1. The lowest BCUT2D eigenvalue weighted by molar-refractivity contribution is -0.133. The van der Waals surface area contributed by atoms with Gasteiger partial charge in [0.05, 0.1) is 6.33 Å². The van der Waals surface area contributed by atoms with Gasteiger partial charge in [0.15, 0.2) is 0 Å². The molecule has 0 spiro atoms. The van der Waals surface area contributed by atoms with Gasteiger partial charge < -0.3 is 9.47 Å². The zero-order chi connectivity index (χ0) is 13.1. The largest absolute Gasteiger partial charge is 0.341 e. The average molecular weight is 260 g/mol. The molecule has 0 saturated carbocycles. The van der Waals surface area contributed by atoms with Crippen LogP contribution in [-0.4, -0.2) is 46.0 Å². The first-order valence-electron chi connectivity index (χ1n) is 6.97. The first-order valence-corrected chi connectivity index (χ1v) is 6.97. The monoisotopic (exact) mass is 260 g/mol. The highest BCUT2D eigenvalue weighted by atomic mass is 16.2. The van der Waals surface area contributed by atoms with E-state index in [4.69, 9.17) is 0 Å². The third-order valence-electron chi connectivity index (χ3n) is 4.00. The summed E-state index contributed by atoms with van der Waals surface area (Å²) in [6, 6.07) is -0.0924. The zero-order valence-electron chi connectivity index (χ0n) is 11.0. The van der Waals surface area contributed by atoms with Gasteiger partial charge in [0.1, 0.15) is 6.04 Å². The Hall–Kier alpha value is -1.62. The fourth-order valence-electron chi connectivity index (χ4n) is 2.86. The van der Waals surface area contributed by atoms with E-state index in [-0.39, 0.29) is 11.9 Å². The van der Waals surface area contributed by atoms with Crippen LogP contribution in [-0.2, 0) is 11.3 Å². The van der Waals surface area contributed by atoms with E-state index >= 15 is 0 Å². The number of likely N-dealkylation sites (tertiary alicyclic amines) is 1. The maximum atomic E-state index is 12.2. The number of amides is 1. The molecular formula is C14H20N4O. The summed E-state index contributed by atoms with van der Waals surface area (Å²) in [5, 5.41) is 3.19. The van der Waals surface area contributed by atoms with Gasteiger partial charge in [-0.1, -0.05) is 12.2 Å². The van der Waals surface area contributed by atoms with Crippen molar-refractivity contribution >= 4 is 5.91 Å². The minimum Gasteiger partial charge on any atom is -0.341 e. The second kappa shape index (κ2) is 5.57. The molecule has 1 amide bonds. The predicted molar refractivity (Wildman–Crippen MR) is 72.5 cm³/mol. The molecule has 0 aromatic carbocycles. The van der Waals surface area contributed by atoms with Crippen molar-refractivity contribution in [2.45, 2.75) is 25.4 Å². The Morgan fingerprint density at radius 3 is 2.84 bits per heavy atom. The fraction of sp³-hybridized carbons (Fsp3) is 0.571. The van der Waals surface area contributed by atoms with Crippen LogP contribution in [0.1, 0.15) is 12.8 Å². The lowest BCUT2D eigenvalue weighted by Crippen LogP contribution is -2.47. The molecule has 1 aromatic rings. The van der Waals surface area contributed by atoms with Gasteiger partial charge in [-0.15, -0.1) is 0 Å². The molecule has 3 rings (SSSR count). The third-order valence-corrected chi connectivity index (χ3v) is 4.00. The van der Waals surface area contributed by atoms with Crippen LogP contribution in [0.2, 0.25) is 0 Å². The van der Waals surface area contributed by atoms with Gasteiger partial charge in [-0.3, -0.25) is 10.1 Å². The molecule has 1 N–H and O–H groups in total. The van der Waals surface area contributed by atoms with Crippen LogP contribution >= 0.6 is 0 Å². The topological polar surface area (TPSA) is 50.2 Å². The molecule has 2 aliphatic rings. The van der Waals surface area contributed by atoms with Crippen molar-refractivity contribution in [3.8, 4) is 0 Å². The number of piperidine rings is 1. The summed E-state index contributed by atoms with van der Waals surface area (Å²) in [5.41, 5.74) is 0. The summed E-state index contributed by atoms with van der Waals surface area (Å²) in [6.07, 6.45) is 11.8. The first kappa shape index (κ1) is 12.4. The van der Waals surface area contributed by atoms with E-state index in [0.717, 1.165) is 39.0 Å². The van der Waals surface area contributed by atoms with Crippen molar-refractivity contribution in [1.82, 2.24) is 19.8 Å². The van der Waals surface area contributed by atoms with Gasteiger partial charge in [-0.05, 0) is 18.8 Å². The summed E-state index contributed by atoms with van der Waals surface area (Å²) in [6.45, 7) is 3.59. The number of hydrogen-bond donors (Lipinski definition) is 1. The molecule has 0 aliphatic carbocycles. The Labute approximate surface area is 113 Å². The van der Waals surface area contributed by atoms with E-state index in [9.17, 15) is 4.79 Å². The number of carbonyl (C=O) groups excluding carboxylic acids is 1. The molecule has 3 heterocycles. The lowest BCUT2D eigenvalue weighted by Gasteiger charge is -2.33. The van der Waals surface area contributed by atoms with Crippen molar-refractivity contribution in [3.63, 3.8) is 0 Å². The summed E-state index contributed by atoms with van der Waals surface area (Å²) < 4.78 is 2.13. The summed E-state index contributed by atoms with van der Waals surface area (Å²) in [5.74, 6) is 0.889. The number of carbonyl (C=O) groups is 1. The smallest absolute Gasteiger partial charge is 0.243 e. The molecule has 1 saturated heterocycles. The van der Waals surface area contributed by atoms with Crippen LogP contribution < -0.4 is 5.32 Å². The van der Waals surface area contributed by atoms with Crippen molar-refractivity contribution in [3.05, 3.63) is 30.9 Å². The van der Waals surface area contributed by atoms with E-state index in [1.165, 1.54) is 0 Å². The Bertz CT molecular complexity index is 446. The molecule has 1 fully saturated rings. The molecule has 1 aromatic heterocycles. The van der Waals surface area contributed by atoms with E-state index in [2.05, 4.69) is 14.9 Å². The highest BCUT2D eigenvalue weighted by Gasteiger charge is 2.27. The number of aromatic nitrogens is 2. The normalized spacial score (nSPS) is 24.0. The summed E-state index contributed by atoms with van der Waals surface area (Å²) in [4.78, 5) is 18.3. The molecule has 5 nitrogen and oxygen atoms in total. The van der Waals surface area contributed by atoms with Gasteiger partial charge in [0, 0.05) is 38.6 Å². The van der Waals surface area contributed by atoms with Gasteiger partial charge >= 0.3 is 0 Å². The molecule has 0 bridgehead atoms.